The van der Waals surface area contributed by atoms with Gasteiger partial charge in [0.1, 0.15) is 6.17 Å². The molecule has 0 spiro atoms. The van der Waals surface area contributed by atoms with Crippen LogP contribution >= 0.6 is 0 Å². The highest BCUT2D eigenvalue weighted by Crippen LogP contribution is 2.27. The van der Waals surface area contributed by atoms with Crippen molar-refractivity contribution in [1.82, 2.24) is 0 Å². The van der Waals surface area contributed by atoms with E-state index in [4.69, 9.17) is 0 Å². The zero-order chi connectivity index (χ0) is 12.1. The normalized spacial score (nSPS) is 15.4. The predicted molar refractivity (Wildman–Crippen MR) is 66.9 cm³/mol. The standard InChI is InChI=1S/C14H29F/c1-13(2,3)10-8-7-9-12(15)11-14(4,5)6/h12H,7-11H2,1-6H3. The van der Waals surface area contributed by atoms with Crippen LogP contribution in [0.5, 0.6) is 0 Å². The topological polar surface area (TPSA) is 0 Å². The molecular weight excluding hydrogens is 187 g/mol. The van der Waals surface area contributed by atoms with Crippen LogP contribution in [-0.4, -0.2) is 6.17 Å². The van der Waals surface area contributed by atoms with Crippen molar-refractivity contribution >= 4 is 0 Å². The lowest BCUT2D eigenvalue weighted by atomic mass is 9.86. The van der Waals surface area contributed by atoms with Crippen LogP contribution in [-0.2, 0) is 0 Å². The maximum Gasteiger partial charge on any atom is 0.101 e. The molecule has 1 atom stereocenters. The second kappa shape index (κ2) is 5.86. The molecule has 15 heavy (non-hydrogen) atoms. The highest BCUT2D eigenvalue weighted by atomic mass is 19.1. The molecule has 0 rings (SSSR count). The van der Waals surface area contributed by atoms with Gasteiger partial charge in [-0.1, -0.05) is 54.4 Å². The number of hydrogen-bond donors (Lipinski definition) is 0. The Kier molecular flexibility index (Phi) is 5.84. The molecule has 1 unspecified atom stereocenters. The average molecular weight is 216 g/mol. The summed E-state index contributed by atoms with van der Waals surface area (Å²) >= 11 is 0. The van der Waals surface area contributed by atoms with E-state index in [1.807, 2.05) is 0 Å². The number of alkyl halides is 1. The van der Waals surface area contributed by atoms with Crippen molar-refractivity contribution in [3.8, 4) is 0 Å². The van der Waals surface area contributed by atoms with Gasteiger partial charge in [0.15, 0.2) is 0 Å². The molecule has 0 bridgehead atoms. The van der Waals surface area contributed by atoms with Crippen LogP contribution in [0.3, 0.4) is 0 Å². The Labute approximate surface area is 95.6 Å². The highest BCUT2D eigenvalue weighted by Gasteiger charge is 2.18. The smallest absolute Gasteiger partial charge is 0.101 e. The van der Waals surface area contributed by atoms with Gasteiger partial charge in [-0.05, 0) is 30.1 Å². The molecule has 92 valence electrons. The Morgan fingerprint density at radius 1 is 0.867 bits per heavy atom. The van der Waals surface area contributed by atoms with Gasteiger partial charge in [0.25, 0.3) is 0 Å². The van der Waals surface area contributed by atoms with Crippen molar-refractivity contribution < 1.29 is 4.39 Å². The van der Waals surface area contributed by atoms with E-state index in [2.05, 4.69) is 41.5 Å². The van der Waals surface area contributed by atoms with Crippen LogP contribution in [0.4, 0.5) is 4.39 Å². The molecule has 0 saturated heterocycles. The molecule has 0 N–H and O–H groups in total. The van der Waals surface area contributed by atoms with Crippen LogP contribution in [0.25, 0.3) is 0 Å². The maximum absolute atomic E-state index is 13.5. The van der Waals surface area contributed by atoms with Crippen molar-refractivity contribution in [2.24, 2.45) is 10.8 Å². The monoisotopic (exact) mass is 216 g/mol. The fourth-order valence-corrected chi connectivity index (χ4v) is 1.79. The Balaban J connectivity index is 3.52. The van der Waals surface area contributed by atoms with Gasteiger partial charge in [-0.2, -0.15) is 0 Å². The molecule has 0 saturated carbocycles. The molecule has 0 heterocycles. The van der Waals surface area contributed by atoms with E-state index in [1.54, 1.807) is 0 Å². The summed E-state index contributed by atoms with van der Waals surface area (Å²) in [6, 6.07) is 0. The van der Waals surface area contributed by atoms with E-state index in [9.17, 15) is 4.39 Å². The van der Waals surface area contributed by atoms with E-state index in [0.29, 0.717) is 11.8 Å². The summed E-state index contributed by atoms with van der Waals surface area (Å²) in [4.78, 5) is 0. The first-order valence-electron chi connectivity index (χ1n) is 6.24. The van der Waals surface area contributed by atoms with E-state index in [0.717, 1.165) is 19.3 Å². The third-order valence-corrected chi connectivity index (χ3v) is 2.53. The van der Waals surface area contributed by atoms with Gasteiger partial charge in [-0.25, -0.2) is 4.39 Å². The van der Waals surface area contributed by atoms with Crippen LogP contribution in [0.15, 0.2) is 0 Å². The van der Waals surface area contributed by atoms with Crippen molar-refractivity contribution in [2.45, 2.75) is 79.8 Å². The van der Waals surface area contributed by atoms with Gasteiger partial charge in [-0.15, -0.1) is 0 Å². The van der Waals surface area contributed by atoms with Crippen LogP contribution in [0, 0.1) is 10.8 Å². The van der Waals surface area contributed by atoms with E-state index < -0.39 is 6.17 Å². The molecule has 0 amide bonds. The summed E-state index contributed by atoms with van der Waals surface area (Å²) in [7, 11) is 0. The Hall–Kier alpha value is -0.0700. The summed E-state index contributed by atoms with van der Waals surface area (Å²) in [6.07, 6.45) is 4.23. The summed E-state index contributed by atoms with van der Waals surface area (Å²) in [5, 5.41) is 0. The molecule has 0 aliphatic heterocycles. The number of rotatable bonds is 5. The molecule has 0 aromatic rings. The fourth-order valence-electron chi connectivity index (χ4n) is 1.79. The molecule has 0 radical (unpaired) electrons. The zero-order valence-corrected chi connectivity index (χ0v) is 11.5. The number of hydrogen-bond acceptors (Lipinski definition) is 0. The van der Waals surface area contributed by atoms with Gasteiger partial charge in [-0.3, -0.25) is 0 Å². The van der Waals surface area contributed by atoms with Crippen molar-refractivity contribution in [2.75, 3.05) is 0 Å². The quantitative estimate of drug-likeness (QED) is 0.542. The molecular formula is C14H29F. The third-order valence-electron chi connectivity index (χ3n) is 2.53. The minimum Gasteiger partial charge on any atom is -0.247 e. The van der Waals surface area contributed by atoms with Gasteiger partial charge < -0.3 is 0 Å². The Morgan fingerprint density at radius 3 is 1.80 bits per heavy atom. The van der Waals surface area contributed by atoms with Gasteiger partial charge in [0.05, 0.1) is 0 Å². The summed E-state index contributed by atoms with van der Waals surface area (Å²) in [5.74, 6) is 0. The van der Waals surface area contributed by atoms with Crippen LogP contribution < -0.4 is 0 Å². The van der Waals surface area contributed by atoms with E-state index in [1.165, 1.54) is 6.42 Å². The minimum absolute atomic E-state index is 0.128. The number of unbranched alkanes of at least 4 members (excludes halogenated alkanes) is 1. The highest BCUT2D eigenvalue weighted by molar-refractivity contribution is 4.69. The van der Waals surface area contributed by atoms with E-state index in [-0.39, 0.29) is 5.41 Å². The Bertz CT molecular complexity index is 159. The first kappa shape index (κ1) is 14.9. The largest absolute Gasteiger partial charge is 0.247 e. The molecule has 0 aliphatic carbocycles. The molecule has 1 heteroatoms. The SMILES string of the molecule is CC(C)(C)CCCCC(F)CC(C)(C)C. The first-order valence-corrected chi connectivity index (χ1v) is 6.24. The molecule has 0 fully saturated rings. The first-order chi connectivity index (χ1) is 6.60. The maximum atomic E-state index is 13.5. The van der Waals surface area contributed by atoms with Crippen LogP contribution in [0.2, 0.25) is 0 Å². The van der Waals surface area contributed by atoms with Gasteiger partial charge in [0.2, 0.25) is 0 Å². The van der Waals surface area contributed by atoms with Gasteiger partial charge in [0, 0.05) is 0 Å². The second-order valence-corrected chi connectivity index (χ2v) is 7.17. The predicted octanol–water partition coefficient (Wildman–Crippen LogP) is 5.37. The average Bonchev–Trinajstić information content (AvgIpc) is 1.92. The lowest BCUT2D eigenvalue weighted by Crippen LogP contribution is -2.14. The number of halogens is 1. The molecule has 0 nitrogen and oxygen atoms in total. The summed E-state index contributed by atoms with van der Waals surface area (Å²) in [5.41, 5.74) is 0.527. The molecule has 0 aliphatic rings. The van der Waals surface area contributed by atoms with Crippen molar-refractivity contribution in [3.63, 3.8) is 0 Å². The van der Waals surface area contributed by atoms with Gasteiger partial charge >= 0.3 is 0 Å². The van der Waals surface area contributed by atoms with Crippen LogP contribution in [0.1, 0.15) is 73.6 Å². The van der Waals surface area contributed by atoms with Crippen molar-refractivity contribution in [1.29, 1.82) is 0 Å². The zero-order valence-electron chi connectivity index (χ0n) is 11.5. The van der Waals surface area contributed by atoms with Crippen molar-refractivity contribution in [3.05, 3.63) is 0 Å². The van der Waals surface area contributed by atoms with E-state index >= 15 is 0 Å². The second-order valence-electron chi connectivity index (χ2n) is 7.17. The third kappa shape index (κ3) is 11.9. The molecule has 0 aromatic carbocycles. The fraction of sp³-hybridized carbons (Fsp3) is 1.00. The molecule has 0 aromatic heterocycles. The summed E-state index contributed by atoms with van der Waals surface area (Å²) < 4.78 is 13.5. The Morgan fingerprint density at radius 2 is 1.40 bits per heavy atom. The lowest BCUT2D eigenvalue weighted by molar-refractivity contribution is 0.206. The summed E-state index contributed by atoms with van der Waals surface area (Å²) in [6.45, 7) is 13.1. The minimum atomic E-state index is -0.607. The lowest BCUT2D eigenvalue weighted by Gasteiger charge is -2.21.